The van der Waals surface area contributed by atoms with E-state index >= 15 is 0 Å². The minimum atomic E-state index is 0.429. The quantitative estimate of drug-likeness (QED) is 0.755. The maximum absolute atomic E-state index is 5.28. The van der Waals surface area contributed by atoms with Crippen molar-refractivity contribution in [2.75, 3.05) is 14.2 Å². The van der Waals surface area contributed by atoms with E-state index in [-0.39, 0.29) is 0 Å². The third-order valence-electron chi connectivity index (χ3n) is 4.48. The average molecular weight is 340 g/mol. The Bertz CT molecular complexity index is 413. The number of nitrogens with one attached hydrogen (secondary N) is 1. The van der Waals surface area contributed by atoms with E-state index in [9.17, 15) is 0 Å². The van der Waals surface area contributed by atoms with Gasteiger partial charge in [-0.05, 0) is 37.1 Å². The van der Waals surface area contributed by atoms with Gasteiger partial charge in [-0.1, -0.05) is 60.5 Å². The molecule has 1 atom stereocenters. The molecular weight excluding hydrogens is 314 g/mol. The van der Waals surface area contributed by atoms with Gasteiger partial charge < -0.3 is 10.1 Å². The SMILES string of the molecule is CNC(CC1CCCCCC1)c1ccc(OC)cc1Br. The molecule has 0 saturated heterocycles. The lowest BCUT2D eigenvalue weighted by molar-refractivity contribution is 0.367. The van der Waals surface area contributed by atoms with Gasteiger partial charge >= 0.3 is 0 Å². The molecule has 3 heteroatoms. The Hall–Kier alpha value is -0.540. The molecule has 1 saturated carbocycles. The molecular formula is C17H26BrNO. The summed E-state index contributed by atoms with van der Waals surface area (Å²) < 4.78 is 6.42. The van der Waals surface area contributed by atoms with Gasteiger partial charge in [0.2, 0.25) is 0 Å². The molecule has 0 bridgehead atoms. The molecule has 1 fully saturated rings. The Kier molecular flexibility index (Phi) is 6.37. The molecule has 2 rings (SSSR count). The minimum absolute atomic E-state index is 0.429. The van der Waals surface area contributed by atoms with Crippen molar-refractivity contribution >= 4 is 15.9 Å². The Morgan fingerprint density at radius 3 is 2.50 bits per heavy atom. The van der Waals surface area contributed by atoms with Crippen molar-refractivity contribution < 1.29 is 4.74 Å². The van der Waals surface area contributed by atoms with Crippen LogP contribution in [-0.2, 0) is 0 Å². The predicted octanol–water partition coefficient (Wildman–Crippen LogP) is 5.08. The summed E-state index contributed by atoms with van der Waals surface area (Å²) in [7, 11) is 3.78. The van der Waals surface area contributed by atoms with Crippen molar-refractivity contribution in [3.05, 3.63) is 28.2 Å². The highest BCUT2D eigenvalue weighted by molar-refractivity contribution is 9.10. The first-order chi connectivity index (χ1) is 9.74. The molecule has 1 unspecified atom stereocenters. The van der Waals surface area contributed by atoms with Crippen LogP contribution in [0.5, 0.6) is 5.75 Å². The van der Waals surface area contributed by atoms with E-state index in [1.807, 2.05) is 0 Å². The van der Waals surface area contributed by atoms with E-state index in [1.165, 1.54) is 50.5 Å². The zero-order chi connectivity index (χ0) is 14.4. The Morgan fingerprint density at radius 2 is 1.95 bits per heavy atom. The topological polar surface area (TPSA) is 21.3 Å². The first kappa shape index (κ1) is 15.8. The molecule has 1 aromatic rings. The fourth-order valence-corrected chi connectivity index (χ4v) is 3.88. The second-order valence-corrected chi connectivity index (χ2v) is 6.68. The Labute approximate surface area is 131 Å². The van der Waals surface area contributed by atoms with Gasteiger partial charge in [-0.25, -0.2) is 0 Å². The second kappa shape index (κ2) is 8.04. The molecule has 112 valence electrons. The highest BCUT2D eigenvalue weighted by Crippen LogP contribution is 2.34. The average Bonchev–Trinajstić information content (AvgIpc) is 2.73. The van der Waals surface area contributed by atoms with Gasteiger partial charge in [0.1, 0.15) is 5.75 Å². The van der Waals surface area contributed by atoms with E-state index < -0.39 is 0 Å². The van der Waals surface area contributed by atoms with E-state index in [0.29, 0.717) is 6.04 Å². The normalized spacial score (nSPS) is 18.6. The molecule has 2 nitrogen and oxygen atoms in total. The van der Waals surface area contributed by atoms with Crippen LogP contribution in [0.2, 0.25) is 0 Å². The Balaban J connectivity index is 2.06. The molecule has 20 heavy (non-hydrogen) atoms. The second-order valence-electron chi connectivity index (χ2n) is 5.82. The monoisotopic (exact) mass is 339 g/mol. The fraction of sp³-hybridized carbons (Fsp3) is 0.647. The predicted molar refractivity (Wildman–Crippen MR) is 88.3 cm³/mol. The summed E-state index contributed by atoms with van der Waals surface area (Å²) in [6.07, 6.45) is 9.69. The third kappa shape index (κ3) is 4.23. The molecule has 0 heterocycles. The third-order valence-corrected chi connectivity index (χ3v) is 5.16. The molecule has 1 aromatic carbocycles. The van der Waals surface area contributed by atoms with Crippen LogP contribution in [0.1, 0.15) is 56.6 Å². The van der Waals surface area contributed by atoms with E-state index in [0.717, 1.165) is 16.1 Å². The summed E-state index contributed by atoms with van der Waals surface area (Å²) in [5.74, 6) is 1.77. The summed E-state index contributed by atoms with van der Waals surface area (Å²) in [4.78, 5) is 0. The van der Waals surface area contributed by atoms with Crippen molar-refractivity contribution in [2.45, 2.75) is 51.0 Å². The lowest BCUT2D eigenvalue weighted by Crippen LogP contribution is -2.20. The molecule has 0 radical (unpaired) electrons. The lowest BCUT2D eigenvalue weighted by Gasteiger charge is -2.24. The van der Waals surface area contributed by atoms with Crippen molar-refractivity contribution in [3.8, 4) is 5.75 Å². The highest BCUT2D eigenvalue weighted by atomic mass is 79.9. The van der Waals surface area contributed by atoms with Gasteiger partial charge in [-0.15, -0.1) is 0 Å². The smallest absolute Gasteiger partial charge is 0.120 e. The van der Waals surface area contributed by atoms with Gasteiger partial charge in [0.05, 0.1) is 7.11 Å². The van der Waals surface area contributed by atoms with Crippen LogP contribution in [0.15, 0.2) is 22.7 Å². The number of methoxy groups -OCH3 is 1. The van der Waals surface area contributed by atoms with Gasteiger partial charge in [-0.2, -0.15) is 0 Å². The standard InChI is InChI=1S/C17H26BrNO/c1-19-17(11-13-7-5-3-4-6-8-13)15-10-9-14(20-2)12-16(15)18/h9-10,12-13,17,19H,3-8,11H2,1-2H3. The van der Waals surface area contributed by atoms with Crippen LogP contribution in [0.25, 0.3) is 0 Å². The fourth-order valence-electron chi connectivity index (χ4n) is 3.25. The van der Waals surface area contributed by atoms with Crippen molar-refractivity contribution in [2.24, 2.45) is 5.92 Å². The van der Waals surface area contributed by atoms with Crippen LogP contribution < -0.4 is 10.1 Å². The van der Waals surface area contributed by atoms with Crippen LogP contribution in [0, 0.1) is 5.92 Å². The zero-order valence-electron chi connectivity index (χ0n) is 12.6. The van der Waals surface area contributed by atoms with Gasteiger partial charge in [-0.3, -0.25) is 0 Å². The zero-order valence-corrected chi connectivity index (χ0v) is 14.2. The van der Waals surface area contributed by atoms with Crippen LogP contribution >= 0.6 is 15.9 Å². The van der Waals surface area contributed by atoms with Crippen LogP contribution in [0.4, 0.5) is 0 Å². The summed E-state index contributed by atoms with van der Waals surface area (Å²) in [6, 6.07) is 6.73. The molecule has 1 aliphatic carbocycles. The van der Waals surface area contributed by atoms with Crippen molar-refractivity contribution in [3.63, 3.8) is 0 Å². The maximum atomic E-state index is 5.28. The lowest BCUT2D eigenvalue weighted by atomic mass is 9.89. The first-order valence-electron chi connectivity index (χ1n) is 7.75. The molecule has 1 aliphatic rings. The van der Waals surface area contributed by atoms with Crippen molar-refractivity contribution in [1.82, 2.24) is 5.32 Å². The summed E-state index contributed by atoms with van der Waals surface area (Å²) >= 11 is 3.69. The highest BCUT2D eigenvalue weighted by Gasteiger charge is 2.20. The van der Waals surface area contributed by atoms with Gasteiger partial charge in [0.15, 0.2) is 0 Å². The molecule has 0 spiro atoms. The Morgan fingerprint density at radius 1 is 1.25 bits per heavy atom. The van der Waals surface area contributed by atoms with Gasteiger partial charge in [0, 0.05) is 10.5 Å². The number of ether oxygens (including phenoxy) is 1. The summed E-state index contributed by atoms with van der Waals surface area (Å²) in [6.45, 7) is 0. The number of halogens is 1. The molecule has 0 amide bonds. The largest absolute Gasteiger partial charge is 0.497 e. The van der Waals surface area contributed by atoms with Crippen molar-refractivity contribution in [1.29, 1.82) is 0 Å². The van der Waals surface area contributed by atoms with E-state index in [4.69, 9.17) is 4.74 Å². The number of benzene rings is 1. The number of hydrogen-bond donors (Lipinski definition) is 1. The number of hydrogen-bond acceptors (Lipinski definition) is 2. The van der Waals surface area contributed by atoms with Crippen LogP contribution in [0.3, 0.4) is 0 Å². The molecule has 1 N–H and O–H groups in total. The van der Waals surface area contributed by atoms with E-state index in [2.05, 4.69) is 46.5 Å². The maximum Gasteiger partial charge on any atom is 0.120 e. The minimum Gasteiger partial charge on any atom is -0.497 e. The molecule has 0 aliphatic heterocycles. The first-order valence-corrected chi connectivity index (χ1v) is 8.54. The summed E-state index contributed by atoms with van der Waals surface area (Å²) in [5, 5.41) is 3.49. The van der Waals surface area contributed by atoms with E-state index in [1.54, 1.807) is 7.11 Å². The summed E-state index contributed by atoms with van der Waals surface area (Å²) in [5.41, 5.74) is 1.34. The van der Waals surface area contributed by atoms with Crippen LogP contribution in [-0.4, -0.2) is 14.2 Å². The molecule has 0 aromatic heterocycles. The number of rotatable bonds is 5. The van der Waals surface area contributed by atoms with Gasteiger partial charge in [0.25, 0.3) is 0 Å².